The molecule has 2 rings (SSSR count). The fourth-order valence-corrected chi connectivity index (χ4v) is 2.52. The third-order valence-corrected chi connectivity index (χ3v) is 4.16. The van der Waals surface area contributed by atoms with Crippen molar-refractivity contribution in [1.29, 1.82) is 0 Å². The minimum atomic E-state index is -5.17. The van der Waals surface area contributed by atoms with E-state index < -0.39 is 29.2 Å². The summed E-state index contributed by atoms with van der Waals surface area (Å²) >= 11 is 1.26. The largest absolute Gasteiger partial charge is 0.426 e. The highest BCUT2D eigenvalue weighted by molar-refractivity contribution is 7.99. The number of alkyl halides is 3. The first-order valence-electron chi connectivity index (χ1n) is 6.74. The summed E-state index contributed by atoms with van der Waals surface area (Å²) in [4.78, 5) is 12.9. The number of carbonyl (C=O) groups excluding carboxylic acids is 1. The Hall–Kier alpha value is -2.06. The molecule has 0 spiro atoms. The molecule has 0 bridgehead atoms. The van der Waals surface area contributed by atoms with Gasteiger partial charge in [-0.05, 0) is 37.3 Å². The molecule has 1 atom stereocenters. The standard InChI is InChI=1S/C16H13F4NO2S/c1-15(23,16(18,19)20)14(22)21-13-8-7-11(9-12(13)17)24-10-5-3-2-4-6-10/h2-9,23H,1H3,(H,21,22). The van der Waals surface area contributed by atoms with Gasteiger partial charge < -0.3 is 10.4 Å². The summed E-state index contributed by atoms with van der Waals surface area (Å²) in [6.45, 7) is 0.305. The lowest BCUT2D eigenvalue weighted by atomic mass is 10.1. The fraction of sp³-hybridized carbons (Fsp3) is 0.188. The number of amides is 1. The van der Waals surface area contributed by atoms with Gasteiger partial charge in [-0.3, -0.25) is 4.79 Å². The Labute approximate surface area is 139 Å². The van der Waals surface area contributed by atoms with Crippen LogP contribution >= 0.6 is 11.8 Å². The summed E-state index contributed by atoms with van der Waals surface area (Å²) in [6.07, 6.45) is -5.17. The Bertz CT molecular complexity index is 733. The van der Waals surface area contributed by atoms with E-state index >= 15 is 0 Å². The molecule has 0 aliphatic rings. The van der Waals surface area contributed by atoms with Gasteiger partial charge in [0.15, 0.2) is 0 Å². The normalized spacial score (nSPS) is 14.1. The van der Waals surface area contributed by atoms with E-state index in [1.165, 1.54) is 17.8 Å². The molecule has 0 fully saturated rings. The molecule has 0 saturated carbocycles. The topological polar surface area (TPSA) is 49.3 Å². The highest BCUT2D eigenvalue weighted by atomic mass is 32.2. The number of anilines is 1. The second-order valence-corrected chi connectivity index (χ2v) is 6.23. The van der Waals surface area contributed by atoms with E-state index in [0.717, 1.165) is 17.0 Å². The van der Waals surface area contributed by atoms with E-state index in [2.05, 4.69) is 0 Å². The number of aliphatic hydroxyl groups is 1. The van der Waals surface area contributed by atoms with Crippen LogP contribution in [0.4, 0.5) is 23.2 Å². The quantitative estimate of drug-likeness (QED) is 0.804. The van der Waals surface area contributed by atoms with Crippen LogP contribution in [0.1, 0.15) is 6.92 Å². The van der Waals surface area contributed by atoms with Crippen LogP contribution in [0, 0.1) is 5.82 Å². The Morgan fingerprint density at radius 1 is 1.08 bits per heavy atom. The molecule has 0 heterocycles. The summed E-state index contributed by atoms with van der Waals surface area (Å²) < 4.78 is 51.8. The van der Waals surface area contributed by atoms with Gasteiger partial charge in [0.2, 0.25) is 5.60 Å². The average Bonchev–Trinajstić information content (AvgIpc) is 2.49. The number of carbonyl (C=O) groups is 1. The van der Waals surface area contributed by atoms with Crippen LogP contribution in [-0.4, -0.2) is 22.8 Å². The van der Waals surface area contributed by atoms with E-state index in [4.69, 9.17) is 0 Å². The molecule has 0 aliphatic heterocycles. The first-order chi connectivity index (χ1) is 11.1. The van der Waals surface area contributed by atoms with Gasteiger partial charge in [0, 0.05) is 9.79 Å². The van der Waals surface area contributed by atoms with Crippen LogP contribution in [0.25, 0.3) is 0 Å². The van der Waals surface area contributed by atoms with Crippen molar-refractivity contribution in [2.24, 2.45) is 0 Å². The van der Waals surface area contributed by atoms with Crippen LogP contribution in [0.2, 0.25) is 0 Å². The number of hydrogen-bond acceptors (Lipinski definition) is 3. The zero-order valence-corrected chi connectivity index (χ0v) is 13.2. The van der Waals surface area contributed by atoms with Crippen LogP contribution in [-0.2, 0) is 4.79 Å². The van der Waals surface area contributed by atoms with Gasteiger partial charge in [-0.2, -0.15) is 13.2 Å². The summed E-state index contributed by atoms with van der Waals surface area (Å²) in [7, 11) is 0. The van der Waals surface area contributed by atoms with Crippen molar-refractivity contribution in [2.45, 2.75) is 28.5 Å². The minimum Gasteiger partial charge on any atom is -0.373 e. The van der Waals surface area contributed by atoms with Crippen molar-refractivity contribution in [1.82, 2.24) is 0 Å². The van der Waals surface area contributed by atoms with Gasteiger partial charge in [-0.15, -0.1) is 0 Å². The number of halogens is 4. The Kier molecular flexibility index (Phi) is 5.19. The van der Waals surface area contributed by atoms with Gasteiger partial charge in [0.25, 0.3) is 5.91 Å². The smallest absolute Gasteiger partial charge is 0.373 e. The zero-order chi connectivity index (χ0) is 18.0. The van der Waals surface area contributed by atoms with E-state index in [0.29, 0.717) is 11.8 Å². The molecular formula is C16H13F4NO2S. The van der Waals surface area contributed by atoms with E-state index in [1.54, 1.807) is 5.32 Å². The average molecular weight is 359 g/mol. The lowest BCUT2D eigenvalue weighted by molar-refractivity contribution is -0.242. The summed E-state index contributed by atoms with van der Waals surface area (Å²) in [5, 5.41) is 11.0. The van der Waals surface area contributed by atoms with Crippen molar-refractivity contribution in [3.05, 3.63) is 54.3 Å². The molecule has 0 radical (unpaired) electrons. The fourth-order valence-electron chi connectivity index (χ4n) is 1.66. The Morgan fingerprint density at radius 2 is 1.71 bits per heavy atom. The van der Waals surface area contributed by atoms with Crippen molar-refractivity contribution < 1.29 is 27.5 Å². The van der Waals surface area contributed by atoms with Crippen molar-refractivity contribution in [3.63, 3.8) is 0 Å². The molecule has 2 N–H and O–H groups in total. The Morgan fingerprint density at radius 3 is 2.25 bits per heavy atom. The second kappa shape index (κ2) is 6.82. The molecule has 128 valence electrons. The van der Waals surface area contributed by atoms with Gasteiger partial charge >= 0.3 is 6.18 Å². The number of hydrogen-bond donors (Lipinski definition) is 2. The van der Waals surface area contributed by atoms with E-state index in [1.807, 2.05) is 30.3 Å². The highest BCUT2D eigenvalue weighted by Crippen LogP contribution is 2.33. The molecule has 0 aromatic heterocycles. The lowest BCUT2D eigenvalue weighted by Crippen LogP contribution is -2.52. The molecule has 8 heteroatoms. The predicted octanol–water partition coefficient (Wildman–Crippen LogP) is 4.23. The maximum absolute atomic E-state index is 14.0. The van der Waals surface area contributed by atoms with Gasteiger partial charge in [0.1, 0.15) is 5.82 Å². The van der Waals surface area contributed by atoms with Crippen LogP contribution in [0.5, 0.6) is 0 Å². The summed E-state index contributed by atoms with van der Waals surface area (Å²) in [6, 6.07) is 12.8. The molecule has 1 amide bonds. The van der Waals surface area contributed by atoms with E-state index in [-0.39, 0.29) is 0 Å². The molecule has 0 saturated heterocycles. The summed E-state index contributed by atoms with van der Waals surface area (Å²) in [5.74, 6) is -2.65. The minimum absolute atomic E-state index is 0.305. The third-order valence-electron chi connectivity index (χ3n) is 3.16. The predicted molar refractivity (Wildman–Crippen MR) is 82.3 cm³/mol. The number of rotatable bonds is 4. The lowest BCUT2D eigenvalue weighted by Gasteiger charge is -2.25. The monoisotopic (exact) mass is 359 g/mol. The van der Waals surface area contributed by atoms with Crippen molar-refractivity contribution in [2.75, 3.05) is 5.32 Å². The van der Waals surface area contributed by atoms with Crippen LogP contribution in [0.3, 0.4) is 0 Å². The van der Waals surface area contributed by atoms with Crippen molar-refractivity contribution in [3.8, 4) is 0 Å². The van der Waals surface area contributed by atoms with Crippen LogP contribution in [0.15, 0.2) is 58.3 Å². The molecule has 24 heavy (non-hydrogen) atoms. The van der Waals surface area contributed by atoms with Gasteiger partial charge in [-0.1, -0.05) is 30.0 Å². The first-order valence-corrected chi connectivity index (χ1v) is 7.56. The first kappa shape index (κ1) is 18.3. The molecular weight excluding hydrogens is 346 g/mol. The molecule has 3 nitrogen and oxygen atoms in total. The van der Waals surface area contributed by atoms with Gasteiger partial charge in [0.05, 0.1) is 5.69 Å². The molecule has 2 aromatic carbocycles. The second-order valence-electron chi connectivity index (χ2n) is 5.08. The highest BCUT2D eigenvalue weighted by Gasteiger charge is 2.55. The summed E-state index contributed by atoms with van der Waals surface area (Å²) in [5.41, 5.74) is -4.06. The maximum Gasteiger partial charge on any atom is 0.426 e. The molecule has 2 aromatic rings. The number of benzene rings is 2. The third kappa shape index (κ3) is 4.07. The number of nitrogens with one attached hydrogen (secondary N) is 1. The van der Waals surface area contributed by atoms with Gasteiger partial charge in [-0.25, -0.2) is 4.39 Å². The Balaban J connectivity index is 2.14. The SMILES string of the molecule is CC(O)(C(=O)Nc1ccc(Sc2ccccc2)cc1F)C(F)(F)F. The maximum atomic E-state index is 14.0. The molecule has 1 unspecified atom stereocenters. The van der Waals surface area contributed by atoms with E-state index in [9.17, 15) is 27.5 Å². The zero-order valence-electron chi connectivity index (χ0n) is 12.4. The van der Waals surface area contributed by atoms with Crippen molar-refractivity contribution >= 4 is 23.4 Å². The molecule has 0 aliphatic carbocycles. The van der Waals surface area contributed by atoms with Crippen LogP contribution < -0.4 is 5.32 Å².